The maximum absolute atomic E-state index is 12.7. The highest BCUT2D eigenvalue weighted by molar-refractivity contribution is 8.18. The predicted molar refractivity (Wildman–Crippen MR) is 103 cm³/mol. The minimum Gasteiger partial charge on any atom is -0.493 e. The van der Waals surface area contributed by atoms with Crippen LogP contribution in [0.1, 0.15) is 44.6 Å². The van der Waals surface area contributed by atoms with Crippen molar-refractivity contribution in [3.8, 4) is 11.5 Å². The van der Waals surface area contributed by atoms with Crippen molar-refractivity contribution in [2.24, 2.45) is 5.92 Å². The van der Waals surface area contributed by atoms with Crippen LogP contribution in [-0.2, 0) is 4.79 Å². The van der Waals surface area contributed by atoms with Crippen LogP contribution in [0.15, 0.2) is 23.1 Å². The van der Waals surface area contributed by atoms with E-state index in [1.807, 2.05) is 25.1 Å². The molecule has 0 N–H and O–H groups in total. The Balaban J connectivity index is 1.75. The third kappa shape index (κ3) is 4.23. The topological polar surface area (TPSA) is 55.8 Å². The molecule has 1 aliphatic carbocycles. The third-order valence-electron chi connectivity index (χ3n) is 4.82. The first-order valence-corrected chi connectivity index (χ1v) is 10.00. The zero-order chi connectivity index (χ0) is 18.5. The Morgan fingerprint density at radius 3 is 2.65 bits per heavy atom. The van der Waals surface area contributed by atoms with Gasteiger partial charge >= 0.3 is 0 Å². The SMILES string of the molecule is CCOc1cc(/C=C2/SC(=O)N(CC3CCCCC3)C2=O)ccc1OC. The molecule has 2 amide bonds. The summed E-state index contributed by atoms with van der Waals surface area (Å²) in [5.41, 5.74) is 0.817. The molecule has 3 rings (SSSR count). The number of rotatable bonds is 6. The van der Waals surface area contributed by atoms with Gasteiger partial charge in [0.15, 0.2) is 11.5 Å². The second kappa shape index (κ2) is 8.62. The lowest BCUT2D eigenvalue weighted by Crippen LogP contribution is -2.34. The maximum atomic E-state index is 12.7. The molecule has 0 aromatic heterocycles. The van der Waals surface area contributed by atoms with Gasteiger partial charge in [-0.05, 0) is 61.2 Å². The standard InChI is InChI=1S/C20H25NO4S/c1-3-25-17-11-15(9-10-16(17)24-2)12-18-19(22)21(20(23)26-18)13-14-7-5-4-6-8-14/h9-12,14H,3-8,13H2,1-2H3/b18-12+. The van der Waals surface area contributed by atoms with E-state index >= 15 is 0 Å². The van der Waals surface area contributed by atoms with Crippen molar-refractivity contribution in [3.05, 3.63) is 28.7 Å². The van der Waals surface area contributed by atoms with Crippen molar-refractivity contribution < 1.29 is 19.1 Å². The molecule has 1 saturated heterocycles. The van der Waals surface area contributed by atoms with Crippen LogP contribution in [0.2, 0.25) is 0 Å². The molecule has 1 heterocycles. The number of carbonyl (C=O) groups excluding carboxylic acids is 2. The number of thioether (sulfide) groups is 1. The van der Waals surface area contributed by atoms with E-state index < -0.39 is 0 Å². The van der Waals surface area contributed by atoms with Gasteiger partial charge in [0.2, 0.25) is 0 Å². The first-order chi connectivity index (χ1) is 12.6. The predicted octanol–water partition coefficient (Wildman–Crippen LogP) is 4.71. The number of benzene rings is 1. The van der Waals surface area contributed by atoms with E-state index in [1.165, 1.54) is 24.2 Å². The van der Waals surface area contributed by atoms with Crippen molar-refractivity contribution in [1.29, 1.82) is 0 Å². The molecular formula is C20H25NO4S. The monoisotopic (exact) mass is 375 g/mol. The van der Waals surface area contributed by atoms with Crippen LogP contribution in [0.5, 0.6) is 11.5 Å². The van der Waals surface area contributed by atoms with E-state index in [9.17, 15) is 9.59 Å². The summed E-state index contributed by atoms with van der Waals surface area (Å²) in [6.45, 7) is 2.98. The lowest BCUT2D eigenvalue weighted by molar-refractivity contribution is -0.123. The summed E-state index contributed by atoms with van der Waals surface area (Å²) in [6.07, 6.45) is 7.63. The maximum Gasteiger partial charge on any atom is 0.293 e. The van der Waals surface area contributed by atoms with E-state index in [4.69, 9.17) is 9.47 Å². The van der Waals surface area contributed by atoms with E-state index in [1.54, 1.807) is 13.2 Å². The molecule has 0 unspecified atom stereocenters. The molecule has 0 bridgehead atoms. The van der Waals surface area contributed by atoms with Gasteiger partial charge in [0.1, 0.15) is 0 Å². The Morgan fingerprint density at radius 1 is 1.19 bits per heavy atom. The van der Waals surface area contributed by atoms with E-state index in [0.717, 1.165) is 30.2 Å². The highest BCUT2D eigenvalue weighted by Crippen LogP contribution is 2.36. The van der Waals surface area contributed by atoms with Crippen molar-refractivity contribution in [3.63, 3.8) is 0 Å². The summed E-state index contributed by atoms with van der Waals surface area (Å²) in [5.74, 6) is 1.54. The summed E-state index contributed by atoms with van der Waals surface area (Å²) in [5, 5.41) is -0.162. The number of hydrogen-bond acceptors (Lipinski definition) is 5. The summed E-state index contributed by atoms with van der Waals surface area (Å²) < 4.78 is 10.9. The van der Waals surface area contributed by atoms with Crippen LogP contribution in [0, 0.1) is 5.92 Å². The zero-order valence-electron chi connectivity index (χ0n) is 15.3. The van der Waals surface area contributed by atoms with Gasteiger partial charge in [-0.15, -0.1) is 0 Å². The highest BCUT2D eigenvalue weighted by atomic mass is 32.2. The molecule has 1 aromatic carbocycles. The summed E-state index contributed by atoms with van der Waals surface area (Å²) in [7, 11) is 1.59. The van der Waals surface area contributed by atoms with Crippen LogP contribution >= 0.6 is 11.8 Å². The molecule has 1 aliphatic heterocycles. The summed E-state index contributed by atoms with van der Waals surface area (Å²) >= 11 is 1.02. The number of hydrogen-bond donors (Lipinski definition) is 0. The molecule has 2 fully saturated rings. The molecule has 0 spiro atoms. The molecular weight excluding hydrogens is 350 g/mol. The Morgan fingerprint density at radius 2 is 1.96 bits per heavy atom. The molecule has 6 heteroatoms. The number of imide groups is 1. The minimum absolute atomic E-state index is 0.162. The number of amides is 2. The summed E-state index contributed by atoms with van der Waals surface area (Å²) in [6, 6.07) is 5.50. The van der Waals surface area contributed by atoms with E-state index in [-0.39, 0.29) is 11.1 Å². The minimum atomic E-state index is -0.181. The van der Waals surface area contributed by atoms with Crippen LogP contribution in [0.3, 0.4) is 0 Å². The second-order valence-corrected chi connectivity index (χ2v) is 7.63. The quantitative estimate of drug-likeness (QED) is 0.674. The van der Waals surface area contributed by atoms with Gasteiger partial charge in [-0.25, -0.2) is 0 Å². The largest absolute Gasteiger partial charge is 0.493 e. The third-order valence-corrected chi connectivity index (χ3v) is 5.73. The van der Waals surface area contributed by atoms with Gasteiger partial charge < -0.3 is 9.47 Å². The Kier molecular flexibility index (Phi) is 6.25. The van der Waals surface area contributed by atoms with E-state index in [0.29, 0.717) is 35.5 Å². The van der Waals surface area contributed by atoms with Crippen molar-refractivity contribution >= 4 is 29.0 Å². The van der Waals surface area contributed by atoms with Crippen LogP contribution < -0.4 is 9.47 Å². The molecule has 5 nitrogen and oxygen atoms in total. The fourth-order valence-electron chi connectivity index (χ4n) is 3.49. The Labute approximate surface area is 158 Å². The number of nitrogens with zero attached hydrogens (tertiary/aromatic N) is 1. The van der Waals surface area contributed by atoms with Gasteiger partial charge in [-0.3, -0.25) is 14.5 Å². The lowest BCUT2D eigenvalue weighted by Gasteiger charge is -2.25. The molecule has 0 radical (unpaired) electrons. The number of ether oxygens (including phenoxy) is 2. The zero-order valence-corrected chi connectivity index (χ0v) is 16.1. The lowest BCUT2D eigenvalue weighted by atomic mass is 9.89. The molecule has 140 valence electrons. The van der Waals surface area contributed by atoms with Crippen molar-refractivity contribution in [2.45, 2.75) is 39.0 Å². The first-order valence-electron chi connectivity index (χ1n) is 9.18. The van der Waals surface area contributed by atoms with Gasteiger partial charge in [0.25, 0.3) is 11.1 Å². The van der Waals surface area contributed by atoms with Gasteiger partial charge in [-0.1, -0.05) is 25.3 Å². The molecule has 1 aromatic rings. The van der Waals surface area contributed by atoms with Gasteiger partial charge in [0.05, 0.1) is 18.6 Å². The first kappa shape index (κ1) is 18.8. The number of carbonyl (C=O) groups is 2. The average molecular weight is 375 g/mol. The normalized spacial score (nSPS) is 20.1. The van der Waals surface area contributed by atoms with Gasteiger partial charge in [0, 0.05) is 6.54 Å². The fourth-order valence-corrected chi connectivity index (χ4v) is 4.34. The van der Waals surface area contributed by atoms with Crippen LogP contribution in [0.25, 0.3) is 6.08 Å². The smallest absolute Gasteiger partial charge is 0.293 e. The van der Waals surface area contributed by atoms with Crippen LogP contribution in [-0.4, -0.2) is 36.3 Å². The van der Waals surface area contributed by atoms with Gasteiger partial charge in [-0.2, -0.15) is 0 Å². The molecule has 2 aliphatic rings. The van der Waals surface area contributed by atoms with Crippen molar-refractivity contribution in [2.75, 3.05) is 20.3 Å². The second-order valence-electron chi connectivity index (χ2n) is 6.64. The summed E-state index contributed by atoms with van der Waals surface area (Å²) in [4.78, 5) is 26.9. The molecule has 26 heavy (non-hydrogen) atoms. The van der Waals surface area contributed by atoms with E-state index in [2.05, 4.69) is 0 Å². The van der Waals surface area contributed by atoms with Crippen LogP contribution in [0.4, 0.5) is 4.79 Å². The highest BCUT2D eigenvalue weighted by Gasteiger charge is 2.36. The Hall–Kier alpha value is -1.95. The molecule has 1 saturated carbocycles. The average Bonchev–Trinajstić information content (AvgIpc) is 2.91. The Bertz CT molecular complexity index is 710. The number of methoxy groups -OCH3 is 1. The fraction of sp³-hybridized carbons (Fsp3) is 0.500. The van der Waals surface area contributed by atoms with Crippen molar-refractivity contribution in [1.82, 2.24) is 4.90 Å². The molecule has 0 atom stereocenters.